The Balaban J connectivity index is 2.52. The zero-order valence-electron chi connectivity index (χ0n) is 11.8. The first-order valence-corrected chi connectivity index (χ1v) is 6.93. The second-order valence-electron chi connectivity index (χ2n) is 6.28. The summed E-state index contributed by atoms with van der Waals surface area (Å²) in [5, 5.41) is 3.19. The highest BCUT2D eigenvalue weighted by Crippen LogP contribution is 2.29. The van der Waals surface area contributed by atoms with Gasteiger partial charge in [-0.15, -0.1) is 0 Å². The highest BCUT2D eigenvalue weighted by molar-refractivity contribution is 5.79. The summed E-state index contributed by atoms with van der Waals surface area (Å²) in [4.78, 5) is 12.3. The van der Waals surface area contributed by atoms with Gasteiger partial charge >= 0.3 is 0 Å². The van der Waals surface area contributed by atoms with E-state index in [9.17, 15) is 4.79 Å². The van der Waals surface area contributed by atoms with Crippen LogP contribution in [0.4, 0.5) is 0 Å². The number of rotatable bonds is 4. The number of hydrogen-bond acceptors (Lipinski definition) is 2. The summed E-state index contributed by atoms with van der Waals surface area (Å²) < 4.78 is 0. The van der Waals surface area contributed by atoms with Gasteiger partial charge in [-0.1, -0.05) is 20.3 Å². The van der Waals surface area contributed by atoms with Crippen LogP contribution in [0.2, 0.25) is 0 Å². The summed E-state index contributed by atoms with van der Waals surface area (Å²) in [6, 6.07) is 0.290. The normalized spacial score (nSPS) is 30.1. The first kappa shape index (κ1) is 14.5. The van der Waals surface area contributed by atoms with Crippen LogP contribution in [0.15, 0.2) is 0 Å². The average molecular weight is 240 g/mol. The van der Waals surface area contributed by atoms with Crippen LogP contribution < -0.4 is 11.1 Å². The van der Waals surface area contributed by atoms with Crippen molar-refractivity contribution in [3.8, 4) is 0 Å². The molecule has 3 nitrogen and oxygen atoms in total. The average Bonchev–Trinajstić information content (AvgIpc) is 2.15. The molecule has 3 N–H and O–H groups in total. The second kappa shape index (κ2) is 5.85. The third-order valence-corrected chi connectivity index (χ3v) is 3.88. The largest absolute Gasteiger partial charge is 0.351 e. The number of carbonyl (C=O) groups is 1. The van der Waals surface area contributed by atoms with Crippen LogP contribution in [-0.2, 0) is 4.79 Å². The quantitative estimate of drug-likeness (QED) is 0.793. The molecule has 0 aromatic rings. The minimum Gasteiger partial charge on any atom is -0.351 e. The lowest BCUT2D eigenvalue weighted by Crippen LogP contribution is -2.49. The van der Waals surface area contributed by atoms with E-state index < -0.39 is 0 Å². The Bertz CT molecular complexity index is 263. The van der Waals surface area contributed by atoms with E-state index in [1.54, 1.807) is 0 Å². The first-order chi connectivity index (χ1) is 7.85. The molecule has 100 valence electrons. The van der Waals surface area contributed by atoms with Crippen molar-refractivity contribution >= 4 is 5.91 Å². The van der Waals surface area contributed by atoms with Crippen LogP contribution in [0.25, 0.3) is 0 Å². The Hall–Kier alpha value is -0.570. The molecular weight excluding hydrogens is 212 g/mol. The predicted octanol–water partition coefficient (Wildman–Crippen LogP) is 2.44. The van der Waals surface area contributed by atoms with Crippen LogP contribution in [0.1, 0.15) is 59.8 Å². The molecule has 3 heteroatoms. The van der Waals surface area contributed by atoms with Crippen molar-refractivity contribution in [3.05, 3.63) is 0 Å². The van der Waals surface area contributed by atoms with Crippen molar-refractivity contribution in [1.29, 1.82) is 0 Å². The summed E-state index contributed by atoms with van der Waals surface area (Å²) in [6.45, 7) is 8.51. The summed E-state index contributed by atoms with van der Waals surface area (Å²) in [6.07, 6.45) is 5.02. The van der Waals surface area contributed by atoms with Gasteiger partial charge in [-0.25, -0.2) is 0 Å². The maximum Gasteiger partial charge on any atom is 0.223 e. The number of amides is 1. The number of hydrogen-bond donors (Lipinski definition) is 2. The first-order valence-electron chi connectivity index (χ1n) is 6.93. The minimum atomic E-state index is -0.0783. The molecule has 0 saturated heterocycles. The minimum absolute atomic E-state index is 0.0783. The molecule has 0 radical (unpaired) electrons. The maximum absolute atomic E-state index is 12.3. The number of carbonyl (C=O) groups excluding carboxylic acids is 1. The highest BCUT2D eigenvalue weighted by atomic mass is 16.2. The summed E-state index contributed by atoms with van der Waals surface area (Å²) >= 11 is 0. The highest BCUT2D eigenvalue weighted by Gasteiger charge is 2.33. The van der Waals surface area contributed by atoms with Gasteiger partial charge in [0.05, 0.1) is 0 Å². The van der Waals surface area contributed by atoms with Gasteiger partial charge in [0.1, 0.15) is 0 Å². The summed E-state index contributed by atoms with van der Waals surface area (Å²) in [5.74, 6) is 0.796. The molecule has 0 aromatic carbocycles. The van der Waals surface area contributed by atoms with Crippen molar-refractivity contribution < 1.29 is 4.79 Å². The van der Waals surface area contributed by atoms with Crippen molar-refractivity contribution in [2.75, 3.05) is 0 Å². The van der Waals surface area contributed by atoms with Crippen molar-refractivity contribution in [2.24, 2.45) is 17.6 Å². The smallest absolute Gasteiger partial charge is 0.223 e. The van der Waals surface area contributed by atoms with Crippen molar-refractivity contribution in [1.82, 2.24) is 5.32 Å². The lowest BCUT2D eigenvalue weighted by atomic mass is 9.77. The third-order valence-electron chi connectivity index (χ3n) is 3.88. The molecule has 0 heterocycles. The van der Waals surface area contributed by atoms with Crippen LogP contribution in [0.5, 0.6) is 0 Å². The van der Waals surface area contributed by atoms with Gasteiger partial charge in [-0.3, -0.25) is 4.79 Å². The van der Waals surface area contributed by atoms with E-state index in [0.717, 1.165) is 32.1 Å². The van der Waals surface area contributed by atoms with E-state index in [-0.39, 0.29) is 23.4 Å². The summed E-state index contributed by atoms with van der Waals surface area (Å²) in [7, 11) is 0. The molecule has 17 heavy (non-hydrogen) atoms. The fourth-order valence-electron chi connectivity index (χ4n) is 2.94. The van der Waals surface area contributed by atoms with Crippen LogP contribution in [-0.4, -0.2) is 17.5 Å². The Kier molecular flexibility index (Phi) is 4.99. The predicted molar refractivity (Wildman–Crippen MR) is 71.6 cm³/mol. The number of nitrogens with one attached hydrogen (secondary N) is 1. The van der Waals surface area contributed by atoms with Crippen molar-refractivity contribution in [3.63, 3.8) is 0 Å². The molecule has 0 bridgehead atoms. The molecule has 0 aromatic heterocycles. The topological polar surface area (TPSA) is 55.1 Å². The van der Waals surface area contributed by atoms with Gasteiger partial charge in [0, 0.05) is 17.5 Å². The van der Waals surface area contributed by atoms with E-state index in [4.69, 9.17) is 5.73 Å². The molecule has 3 atom stereocenters. The van der Waals surface area contributed by atoms with E-state index >= 15 is 0 Å². The SMILES string of the molecule is CCCC(C)(C)NC(=O)C1CCC(N)CC1C. The molecule has 1 fully saturated rings. The number of nitrogens with two attached hydrogens (primary N) is 1. The van der Waals surface area contributed by atoms with Gasteiger partial charge in [0.15, 0.2) is 0 Å². The second-order valence-corrected chi connectivity index (χ2v) is 6.28. The van der Waals surface area contributed by atoms with Crippen molar-refractivity contribution in [2.45, 2.75) is 71.4 Å². The van der Waals surface area contributed by atoms with Gasteiger partial charge in [0.25, 0.3) is 0 Å². The van der Waals surface area contributed by atoms with Crippen LogP contribution in [0.3, 0.4) is 0 Å². The molecule has 1 amide bonds. The zero-order valence-corrected chi connectivity index (χ0v) is 11.8. The van der Waals surface area contributed by atoms with E-state index in [2.05, 4.69) is 33.0 Å². The third kappa shape index (κ3) is 4.30. The van der Waals surface area contributed by atoms with Gasteiger partial charge in [-0.2, -0.15) is 0 Å². The lowest BCUT2D eigenvalue weighted by Gasteiger charge is -2.34. The van der Waals surface area contributed by atoms with E-state index in [1.165, 1.54) is 0 Å². The standard InChI is InChI=1S/C14H28N2O/c1-5-8-14(3,4)16-13(17)12-7-6-11(15)9-10(12)2/h10-12H,5-9,15H2,1-4H3,(H,16,17). The Labute approximate surface area is 106 Å². The Morgan fingerprint density at radius 3 is 2.59 bits per heavy atom. The van der Waals surface area contributed by atoms with Gasteiger partial charge in [-0.05, 0) is 45.4 Å². The fraction of sp³-hybridized carbons (Fsp3) is 0.929. The molecule has 3 unspecified atom stereocenters. The van der Waals surface area contributed by atoms with E-state index in [1.807, 2.05) is 0 Å². The van der Waals surface area contributed by atoms with E-state index in [0.29, 0.717) is 5.92 Å². The van der Waals surface area contributed by atoms with Gasteiger partial charge < -0.3 is 11.1 Å². The Morgan fingerprint density at radius 2 is 2.06 bits per heavy atom. The van der Waals surface area contributed by atoms with Gasteiger partial charge in [0.2, 0.25) is 5.91 Å². The molecular formula is C14H28N2O. The molecule has 0 spiro atoms. The zero-order chi connectivity index (χ0) is 13.1. The monoisotopic (exact) mass is 240 g/mol. The molecule has 1 aliphatic carbocycles. The maximum atomic E-state index is 12.3. The fourth-order valence-corrected chi connectivity index (χ4v) is 2.94. The van der Waals surface area contributed by atoms with Crippen LogP contribution in [0, 0.1) is 11.8 Å². The Morgan fingerprint density at radius 1 is 1.41 bits per heavy atom. The molecule has 1 aliphatic rings. The molecule has 1 saturated carbocycles. The summed E-state index contributed by atoms with van der Waals surface area (Å²) in [5.41, 5.74) is 5.85. The van der Waals surface area contributed by atoms with Crippen LogP contribution >= 0.6 is 0 Å². The molecule has 0 aliphatic heterocycles. The lowest BCUT2D eigenvalue weighted by molar-refractivity contribution is -0.129. The molecule has 1 rings (SSSR count).